The van der Waals surface area contributed by atoms with Crippen LogP contribution in [0.1, 0.15) is 31.7 Å². The van der Waals surface area contributed by atoms with Gasteiger partial charge in [-0.2, -0.15) is 0 Å². The predicted molar refractivity (Wildman–Crippen MR) is 120 cm³/mol. The number of benzene rings is 1. The van der Waals surface area contributed by atoms with Crippen LogP contribution in [-0.2, 0) is 11.3 Å². The van der Waals surface area contributed by atoms with Crippen LogP contribution in [0.4, 0.5) is 10.3 Å². The van der Waals surface area contributed by atoms with Crippen LogP contribution in [0, 0.1) is 11.2 Å². The highest BCUT2D eigenvalue weighted by Gasteiger charge is 2.45. The van der Waals surface area contributed by atoms with E-state index in [1.807, 2.05) is 23.8 Å². The zero-order chi connectivity index (χ0) is 22.8. The van der Waals surface area contributed by atoms with Crippen LogP contribution >= 0.6 is 0 Å². The van der Waals surface area contributed by atoms with Gasteiger partial charge in [0.1, 0.15) is 5.82 Å². The van der Waals surface area contributed by atoms with Crippen LogP contribution in [0.2, 0.25) is 0 Å². The number of hydrogen-bond acceptors (Lipinski definition) is 6. The monoisotopic (exact) mass is 441 g/mol. The lowest BCUT2D eigenvalue weighted by Crippen LogP contribution is -2.50. The molecule has 2 aliphatic rings. The number of anilines is 1. The fourth-order valence-electron chi connectivity index (χ4n) is 4.87. The molecule has 2 aromatic rings. The van der Waals surface area contributed by atoms with Gasteiger partial charge in [-0.05, 0) is 50.1 Å². The van der Waals surface area contributed by atoms with E-state index in [-0.39, 0.29) is 11.7 Å². The fraction of sp³-hybridized carbons (Fsp3) is 0.542. The van der Waals surface area contributed by atoms with Crippen molar-refractivity contribution >= 4 is 11.9 Å². The zero-order valence-corrected chi connectivity index (χ0v) is 18.9. The second-order valence-electron chi connectivity index (χ2n) is 9.60. The van der Waals surface area contributed by atoms with E-state index in [2.05, 4.69) is 14.9 Å². The van der Waals surface area contributed by atoms with Crippen LogP contribution in [-0.4, -0.2) is 76.2 Å². The van der Waals surface area contributed by atoms with Gasteiger partial charge < -0.3 is 14.9 Å². The highest BCUT2D eigenvalue weighted by atomic mass is 19.1. The number of nitrogens with zero attached hydrogens (tertiary/aromatic N) is 5. The first-order valence-electron chi connectivity index (χ1n) is 11.2. The lowest BCUT2D eigenvalue weighted by atomic mass is 9.79. The van der Waals surface area contributed by atoms with Gasteiger partial charge in [-0.3, -0.25) is 9.69 Å². The first-order chi connectivity index (χ1) is 15.3. The number of amides is 1. The summed E-state index contributed by atoms with van der Waals surface area (Å²) in [6, 6.07) is 8.21. The summed E-state index contributed by atoms with van der Waals surface area (Å²) < 4.78 is 13.1. The number of carbonyl (C=O) groups is 1. The van der Waals surface area contributed by atoms with Crippen LogP contribution < -0.4 is 4.90 Å². The Bertz CT molecular complexity index is 918. The SMILES string of the molecule is CN(Cc1ccc(F)cc1)CC1(O)CCN(C(=O)C2(C)CCN(c3ncccn3)CC2)C1. The van der Waals surface area contributed by atoms with E-state index in [0.29, 0.717) is 38.5 Å². The normalized spacial score (nSPS) is 23.0. The highest BCUT2D eigenvalue weighted by Crippen LogP contribution is 2.36. The van der Waals surface area contributed by atoms with E-state index in [1.54, 1.807) is 30.6 Å². The average Bonchev–Trinajstić information content (AvgIpc) is 3.17. The van der Waals surface area contributed by atoms with E-state index in [0.717, 1.165) is 31.5 Å². The summed E-state index contributed by atoms with van der Waals surface area (Å²) in [7, 11) is 1.94. The Kier molecular flexibility index (Phi) is 6.44. The minimum Gasteiger partial charge on any atom is -0.387 e. The lowest BCUT2D eigenvalue weighted by molar-refractivity contribution is -0.142. The third kappa shape index (κ3) is 5.07. The van der Waals surface area contributed by atoms with Crippen LogP contribution in [0.3, 0.4) is 0 Å². The number of β-amino-alcohol motifs (C(OH)–C–C–N with tert-alkyl or cyclic N) is 1. The van der Waals surface area contributed by atoms with Crippen molar-refractivity contribution in [3.8, 4) is 0 Å². The van der Waals surface area contributed by atoms with Gasteiger partial charge in [0, 0.05) is 50.5 Å². The molecule has 0 bridgehead atoms. The molecule has 1 N–H and O–H groups in total. The molecule has 7 nitrogen and oxygen atoms in total. The maximum Gasteiger partial charge on any atom is 0.228 e. The summed E-state index contributed by atoms with van der Waals surface area (Å²) >= 11 is 0. The standard InChI is InChI=1S/C24H32FN5O2/c1-23(8-13-29(14-9-23)22-26-11-3-12-27-22)21(31)30-15-10-24(32,18-30)17-28(2)16-19-4-6-20(25)7-5-19/h3-7,11-12,32H,8-10,13-18H2,1-2H3. The number of likely N-dealkylation sites (N-methyl/N-ethyl adjacent to an activating group) is 1. The van der Waals surface area contributed by atoms with Crippen LogP contribution in [0.5, 0.6) is 0 Å². The maximum absolute atomic E-state index is 13.4. The summed E-state index contributed by atoms with van der Waals surface area (Å²) in [6.45, 7) is 5.52. The quantitative estimate of drug-likeness (QED) is 0.742. The molecule has 172 valence electrons. The second-order valence-corrected chi connectivity index (χ2v) is 9.60. The summed E-state index contributed by atoms with van der Waals surface area (Å²) in [5.41, 5.74) is -0.374. The van der Waals surface area contributed by atoms with Crippen LogP contribution in [0.15, 0.2) is 42.7 Å². The molecule has 1 aromatic heterocycles. The van der Waals surface area contributed by atoms with Crippen LogP contribution in [0.25, 0.3) is 0 Å². The number of carbonyl (C=O) groups excluding carboxylic acids is 1. The average molecular weight is 442 g/mol. The number of halogens is 1. The molecule has 1 unspecified atom stereocenters. The van der Waals surface area contributed by atoms with E-state index in [9.17, 15) is 14.3 Å². The van der Waals surface area contributed by atoms with E-state index in [4.69, 9.17) is 0 Å². The Morgan fingerprint density at radius 2 is 1.78 bits per heavy atom. The third-order valence-electron chi connectivity index (χ3n) is 6.77. The number of aliphatic hydroxyl groups is 1. The molecule has 1 aromatic carbocycles. The molecule has 1 amide bonds. The van der Waals surface area contributed by atoms with Crippen molar-refractivity contribution in [1.82, 2.24) is 19.8 Å². The van der Waals surface area contributed by atoms with Gasteiger partial charge in [0.15, 0.2) is 0 Å². The van der Waals surface area contributed by atoms with E-state index in [1.165, 1.54) is 12.1 Å². The Morgan fingerprint density at radius 1 is 1.12 bits per heavy atom. The molecule has 2 fully saturated rings. The first kappa shape index (κ1) is 22.6. The smallest absolute Gasteiger partial charge is 0.228 e. The van der Waals surface area contributed by atoms with Gasteiger partial charge in [-0.1, -0.05) is 19.1 Å². The van der Waals surface area contributed by atoms with Gasteiger partial charge in [-0.25, -0.2) is 14.4 Å². The molecule has 2 saturated heterocycles. The molecule has 0 spiro atoms. The molecule has 32 heavy (non-hydrogen) atoms. The molecule has 0 aliphatic carbocycles. The molecule has 4 rings (SSSR count). The van der Waals surface area contributed by atoms with E-state index >= 15 is 0 Å². The number of likely N-dealkylation sites (tertiary alicyclic amines) is 1. The van der Waals surface area contributed by atoms with Crippen molar-refractivity contribution in [2.24, 2.45) is 5.41 Å². The topological polar surface area (TPSA) is 72.8 Å². The number of piperidine rings is 1. The van der Waals surface area contributed by atoms with Crippen molar-refractivity contribution in [3.05, 3.63) is 54.1 Å². The van der Waals surface area contributed by atoms with Gasteiger partial charge >= 0.3 is 0 Å². The summed E-state index contributed by atoms with van der Waals surface area (Å²) in [5, 5.41) is 11.2. The van der Waals surface area contributed by atoms with Gasteiger partial charge in [0.25, 0.3) is 0 Å². The molecule has 3 heterocycles. The predicted octanol–water partition coefficient (Wildman–Crippen LogP) is 2.32. The van der Waals surface area contributed by atoms with Crippen molar-refractivity contribution in [3.63, 3.8) is 0 Å². The first-order valence-corrected chi connectivity index (χ1v) is 11.2. The van der Waals surface area contributed by atoms with Gasteiger partial charge in [-0.15, -0.1) is 0 Å². The zero-order valence-electron chi connectivity index (χ0n) is 18.9. The molecule has 0 saturated carbocycles. The molecular formula is C24H32FN5O2. The van der Waals surface area contributed by atoms with E-state index < -0.39 is 11.0 Å². The largest absolute Gasteiger partial charge is 0.387 e. The Balaban J connectivity index is 1.31. The Hall–Kier alpha value is -2.58. The summed E-state index contributed by atoms with van der Waals surface area (Å²) in [6.07, 6.45) is 5.51. The third-order valence-corrected chi connectivity index (χ3v) is 6.77. The summed E-state index contributed by atoms with van der Waals surface area (Å²) in [4.78, 5) is 28.0. The number of aromatic nitrogens is 2. The molecule has 0 radical (unpaired) electrons. The fourth-order valence-corrected chi connectivity index (χ4v) is 4.87. The summed E-state index contributed by atoms with van der Waals surface area (Å²) in [5.74, 6) is 0.584. The molecule has 2 aliphatic heterocycles. The van der Waals surface area contributed by atoms with Crippen molar-refractivity contribution < 1.29 is 14.3 Å². The van der Waals surface area contributed by atoms with Gasteiger partial charge in [0.05, 0.1) is 12.1 Å². The minimum atomic E-state index is -0.931. The maximum atomic E-state index is 13.4. The molecule has 8 heteroatoms. The second kappa shape index (κ2) is 9.11. The lowest BCUT2D eigenvalue weighted by Gasteiger charge is -2.40. The molecular weight excluding hydrogens is 409 g/mol. The van der Waals surface area contributed by atoms with Crippen molar-refractivity contribution in [1.29, 1.82) is 0 Å². The Morgan fingerprint density at radius 3 is 2.44 bits per heavy atom. The Labute approximate surface area is 188 Å². The van der Waals surface area contributed by atoms with Gasteiger partial charge in [0.2, 0.25) is 11.9 Å². The molecule has 1 atom stereocenters. The number of hydrogen-bond donors (Lipinski definition) is 1. The highest BCUT2D eigenvalue weighted by molar-refractivity contribution is 5.83. The number of rotatable bonds is 6. The van der Waals surface area contributed by atoms with Crippen molar-refractivity contribution in [2.45, 2.75) is 38.3 Å². The minimum absolute atomic E-state index is 0.128. The van der Waals surface area contributed by atoms with Crippen molar-refractivity contribution in [2.75, 3.05) is 44.7 Å².